The summed E-state index contributed by atoms with van der Waals surface area (Å²) in [7, 11) is 0. The van der Waals surface area contributed by atoms with Gasteiger partial charge in [-0.3, -0.25) is 4.79 Å². The van der Waals surface area contributed by atoms with Gasteiger partial charge in [0.1, 0.15) is 6.04 Å². The molecule has 0 saturated heterocycles. The van der Waals surface area contributed by atoms with Crippen LogP contribution in [0.15, 0.2) is 12.7 Å². The third-order valence-corrected chi connectivity index (χ3v) is 1.62. The Kier molecular flexibility index (Phi) is 5.59. The molecule has 0 rings (SSSR count). The van der Waals surface area contributed by atoms with Crippen LogP contribution in [0.1, 0.15) is 26.2 Å². The van der Waals surface area contributed by atoms with Gasteiger partial charge in [0.05, 0.1) is 0 Å². The Balaban J connectivity index is 3.86. The summed E-state index contributed by atoms with van der Waals surface area (Å²) in [6.07, 6.45) is 2.89. The van der Waals surface area contributed by atoms with Crippen LogP contribution in [0.25, 0.3) is 0 Å². The van der Waals surface area contributed by atoms with Crippen LogP contribution in [0, 0.1) is 0 Å². The molecule has 1 amide bonds. The lowest BCUT2D eigenvalue weighted by molar-refractivity contribution is -0.141. The van der Waals surface area contributed by atoms with E-state index in [1.807, 2.05) is 0 Å². The zero-order chi connectivity index (χ0) is 10.3. The van der Waals surface area contributed by atoms with Crippen molar-refractivity contribution in [1.82, 2.24) is 5.32 Å². The second-order valence-electron chi connectivity index (χ2n) is 2.69. The van der Waals surface area contributed by atoms with Crippen LogP contribution in [-0.2, 0) is 9.59 Å². The third-order valence-electron chi connectivity index (χ3n) is 1.62. The summed E-state index contributed by atoms with van der Waals surface area (Å²) in [5, 5.41) is 11.0. The van der Waals surface area contributed by atoms with E-state index in [0.717, 1.165) is 0 Å². The minimum Gasteiger partial charge on any atom is -0.480 e. The quantitative estimate of drug-likeness (QED) is 0.605. The molecule has 0 aliphatic rings. The smallest absolute Gasteiger partial charge is 0.326 e. The van der Waals surface area contributed by atoms with Crippen LogP contribution in [0.2, 0.25) is 0 Å². The Morgan fingerprint density at radius 3 is 2.62 bits per heavy atom. The largest absolute Gasteiger partial charge is 0.480 e. The number of carboxylic acid groups (broad SMARTS) is 1. The maximum atomic E-state index is 11.1. The highest BCUT2D eigenvalue weighted by Gasteiger charge is 2.16. The zero-order valence-corrected chi connectivity index (χ0v) is 7.75. The highest BCUT2D eigenvalue weighted by Crippen LogP contribution is 1.94. The number of allylic oxidation sites excluding steroid dienone is 1. The minimum atomic E-state index is -0.991. The molecule has 0 radical (unpaired) electrons. The van der Waals surface area contributed by atoms with Gasteiger partial charge in [-0.2, -0.15) is 0 Å². The number of hydrogen-bond donors (Lipinski definition) is 2. The molecule has 0 heterocycles. The molecular weight excluding hydrogens is 170 g/mol. The van der Waals surface area contributed by atoms with Gasteiger partial charge >= 0.3 is 5.97 Å². The van der Waals surface area contributed by atoms with Gasteiger partial charge in [0.25, 0.3) is 0 Å². The number of nitrogens with one attached hydrogen (secondary N) is 1. The van der Waals surface area contributed by atoms with Gasteiger partial charge in [-0.15, -0.1) is 6.58 Å². The van der Waals surface area contributed by atoms with Crippen LogP contribution >= 0.6 is 0 Å². The molecule has 0 unspecified atom stereocenters. The van der Waals surface area contributed by atoms with E-state index in [2.05, 4.69) is 11.9 Å². The Morgan fingerprint density at radius 1 is 1.62 bits per heavy atom. The fraction of sp³-hybridized carbons (Fsp3) is 0.556. The molecule has 0 aromatic heterocycles. The van der Waals surface area contributed by atoms with Crippen molar-refractivity contribution in [2.24, 2.45) is 0 Å². The van der Waals surface area contributed by atoms with Gasteiger partial charge in [0.2, 0.25) is 5.91 Å². The molecule has 13 heavy (non-hydrogen) atoms. The molecule has 0 saturated carbocycles. The molecule has 0 aliphatic heterocycles. The fourth-order valence-electron chi connectivity index (χ4n) is 0.838. The Morgan fingerprint density at radius 2 is 2.23 bits per heavy atom. The van der Waals surface area contributed by atoms with Gasteiger partial charge in [-0.05, 0) is 12.8 Å². The van der Waals surface area contributed by atoms with Crippen molar-refractivity contribution in [1.29, 1.82) is 0 Å². The third kappa shape index (κ3) is 5.00. The van der Waals surface area contributed by atoms with E-state index < -0.39 is 12.0 Å². The number of carbonyl (C=O) groups excluding carboxylic acids is 1. The van der Waals surface area contributed by atoms with Gasteiger partial charge in [0, 0.05) is 6.42 Å². The van der Waals surface area contributed by atoms with Crippen molar-refractivity contribution in [3.05, 3.63) is 12.7 Å². The van der Waals surface area contributed by atoms with Crippen molar-refractivity contribution in [3.8, 4) is 0 Å². The Bertz CT molecular complexity index is 201. The summed E-state index contributed by atoms with van der Waals surface area (Å²) in [5.74, 6) is -1.23. The summed E-state index contributed by atoms with van der Waals surface area (Å²) >= 11 is 0. The molecule has 74 valence electrons. The normalized spacial score (nSPS) is 11.8. The highest BCUT2D eigenvalue weighted by atomic mass is 16.4. The first-order chi connectivity index (χ1) is 6.11. The van der Waals surface area contributed by atoms with E-state index in [0.29, 0.717) is 19.3 Å². The first-order valence-electron chi connectivity index (χ1n) is 4.24. The van der Waals surface area contributed by atoms with E-state index in [-0.39, 0.29) is 5.91 Å². The Hall–Kier alpha value is -1.32. The highest BCUT2D eigenvalue weighted by molar-refractivity contribution is 5.83. The van der Waals surface area contributed by atoms with Gasteiger partial charge in [0.15, 0.2) is 0 Å². The predicted molar refractivity (Wildman–Crippen MR) is 49.3 cm³/mol. The van der Waals surface area contributed by atoms with E-state index in [1.165, 1.54) is 0 Å². The van der Waals surface area contributed by atoms with Crippen LogP contribution in [0.3, 0.4) is 0 Å². The molecule has 4 heteroatoms. The van der Waals surface area contributed by atoms with Crippen LogP contribution in [0.4, 0.5) is 0 Å². The number of aliphatic carboxylic acids is 1. The molecule has 2 N–H and O–H groups in total. The van der Waals surface area contributed by atoms with Crippen molar-refractivity contribution in [3.63, 3.8) is 0 Å². The van der Waals surface area contributed by atoms with E-state index in [4.69, 9.17) is 5.11 Å². The molecule has 0 aromatic rings. The van der Waals surface area contributed by atoms with Crippen molar-refractivity contribution >= 4 is 11.9 Å². The maximum absolute atomic E-state index is 11.1. The number of carbonyl (C=O) groups is 2. The molecule has 0 aromatic carbocycles. The van der Waals surface area contributed by atoms with Crippen molar-refractivity contribution < 1.29 is 14.7 Å². The van der Waals surface area contributed by atoms with E-state index >= 15 is 0 Å². The number of hydrogen-bond acceptors (Lipinski definition) is 2. The standard InChI is InChI=1S/C9H15NO3/c1-3-5-6-8(11)10-7(4-2)9(12)13/h3,7H,1,4-6H2,2H3,(H,10,11)(H,12,13)/t7-/m1/s1. The summed E-state index contributed by atoms with van der Waals surface area (Å²) in [5.41, 5.74) is 0. The van der Waals surface area contributed by atoms with Crippen LogP contribution in [0.5, 0.6) is 0 Å². The van der Waals surface area contributed by atoms with Crippen molar-refractivity contribution in [2.75, 3.05) is 0 Å². The first kappa shape index (κ1) is 11.7. The summed E-state index contributed by atoms with van der Waals surface area (Å²) < 4.78 is 0. The van der Waals surface area contributed by atoms with Crippen LogP contribution < -0.4 is 5.32 Å². The zero-order valence-electron chi connectivity index (χ0n) is 7.75. The van der Waals surface area contributed by atoms with Gasteiger partial charge in [-0.25, -0.2) is 4.79 Å². The first-order valence-corrected chi connectivity index (χ1v) is 4.24. The fourth-order valence-corrected chi connectivity index (χ4v) is 0.838. The Labute approximate surface area is 77.6 Å². The lowest BCUT2D eigenvalue weighted by Gasteiger charge is -2.11. The minimum absolute atomic E-state index is 0.242. The average Bonchev–Trinajstić information content (AvgIpc) is 2.10. The summed E-state index contributed by atoms with van der Waals surface area (Å²) in [6.45, 7) is 5.19. The van der Waals surface area contributed by atoms with E-state index in [1.54, 1.807) is 13.0 Å². The number of carboxylic acids is 1. The lowest BCUT2D eigenvalue weighted by Crippen LogP contribution is -2.40. The predicted octanol–water partition coefficient (Wildman–Crippen LogP) is 0.932. The SMILES string of the molecule is C=CCCC(=O)N[C@H](CC)C(=O)O. The number of rotatable bonds is 6. The molecule has 0 aliphatic carbocycles. The van der Waals surface area contributed by atoms with Crippen molar-refractivity contribution in [2.45, 2.75) is 32.2 Å². The average molecular weight is 185 g/mol. The van der Waals surface area contributed by atoms with Gasteiger partial charge in [-0.1, -0.05) is 13.0 Å². The molecular formula is C9H15NO3. The van der Waals surface area contributed by atoms with E-state index in [9.17, 15) is 9.59 Å². The molecule has 4 nitrogen and oxygen atoms in total. The second kappa shape index (κ2) is 6.22. The number of amides is 1. The molecule has 0 bridgehead atoms. The monoisotopic (exact) mass is 185 g/mol. The maximum Gasteiger partial charge on any atom is 0.326 e. The molecule has 0 spiro atoms. The topological polar surface area (TPSA) is 66.4 Å². The van der Waals surface area contributed by atoms with Crippen LogP contribution in [-0.4, -0.2) is 23.0 Å². The molecule has 1 atom stereocenters. The molecule has 0 fully saturated rings. The second-order valence-corrected chi connectivity index (χ2v) is 2.69. The summed E-state index contributed by atoms with van der Waals surface area (Å²) in [4.78, 5) is 21.6. The van der Waals surface area contributed by atoms with Gasteiger partial charge < -0.3 is 10.4 Å². The summed E-state index contributed by atoms with van der Waals surface area (Å²) in [6, 6.07) is -0.766. The lowest BCUT2D eigenvalue weighted by atomic mass is 10.2.